The van der Waals surface area contributed by atoms with Crippen LogP contribution in [0, 0.1) is 17.0 Å². The van der Waals surface area contributed by atoms with Crippen LogP contribution in [-0.4, -0.2) is 23.0 Å². The van der Waals surface area contributed by atoms with E-state index in [1.54, 1.807) is 12.3 Å². The Bertz CT molecular complexity index is 655. The molecule has 0 spiro atoms. The van der Waals surface area contributed by atoms with Gasteiger partial charge in [0.15, 0.2) is 6.20 Å². The molecule has 1 atom stereocenters. The van der Waals surface area contributed by atoms with Gasteiger partial charge in [0, 0.05) is 25.1 Å². The summed E-state index contributed by atoms with van der Waals surface area (Å²) >= 11 is 0. The second-order valence-electron chi connectivity index (χ2n) is 5.42. The van der Waals surface area contributed by atoms with Gasteiger partial charge in [0.05, 0.1) is 5.69 Å². The number of aryl methyl sites for hydroxylation is 1. The maximum atomic E-state index is 10.6. The Morgan fingerprint density at radius 1 is 1.29 bits per heavy atom. The van der Waals surface area contributed by atoms with Crippen molar-refractivity contribution in [3.05, 3.63) is 63.8 Å². The summed E-state index contributed by atoms with van der Waals surface area (Å²) in [5.74, 6) is 0.412. The summed E-state index contributed by atoms with van der Waals surface area (Å²) in [7, 11) is 0. The largest absolute Gasteiger partial charge is 0.368 e. The van der Waals surface area contributed by atoms with Gasteiger partial charge < -0.3 is 15.0 Å². The van der Waals surface area contributed by atoms with Crippen LogP contribution in [-0.2, 0) is 0 Å². The lowest BCUT2D eigenvalue weighted by atomic mass is 9.94. The predicted molar refractivity (Wildman–Crippen MR) is 81.6 cm³/mol. The Morgan fingerprint density at radius 2 is 2.10 bits per heavy atom. The van der Waals surface area contributed by atoms with Gasteiger partial charge in [-0.05, 0) is 40.4 Å². The molecule has 1 aliphatic rings. The molecule has 0 saturated carbocycles. The molecule has 1 aliphatic heterocycles. The molecular formula is C16H17N3O2. The van der Waals surface area contributed by atoms with Gasteiger partial charge in [-0.15, -0.1) is 0 Å². The minimum Gasteiger partial charge on any atom is -0.368 e. The van der Waals surface area contributed by atoms with Crippen LogP contribution in [0.2, 0.25) is 0 Å². The van der Waals surface area contributed by atoms with Crippen LogP contribution < -0.4 is 4.90 Å². The first-order chi connectivity index (χ1) is 10.1. The zero-order chi connectivity index (χ0) is 14.8. The van der Waals surface area contributed by atoms with Crippen LogP contribution in [0.3, 0.4) is 0 Å². The van der Waals surface area contributed by atoms with Gasteiger partial charge in [0.1, 0.15) is 0 Å². The highest BCUT2D eigenvalue weighted by Gasteiger charge is 2.25. The van der Waals surface area contributed by atoms with E-state index >= 15 is 0 Å². The van der Waals surface area contributed by atoms with Crippen molar-refractivity contribution in [1.29, 1.82) is 0 Å². The number of aromatic nitrogens is 1. The molecule has 0 radical (unpaired) electrons. The molecule has 1 aromatic heterocycles. The first-order valence-electron chi connectivity index (χ1n) is 7.06. The van der Waals surface area contributed by atoms with E-state index in [0.29, 0.717) is 5.92 Å². The van der Waals surface area contributed by atoms with Gasteiger partial charge in [0.2, 0.25) is 0 Å². The molecule has 2 aromatic rings. The lowest BCUT2D eigenvalue weighted by molar-refractivity contribution is -0.389. The van der Waals surface area contributed by atoms with Crippen LogP contribution in [0.1, 0.15) is 23.5 Å². The fourth-order valence-electron chi connectivity index (χ4n) is 2.97. The van der Waals surface area contributed by atoms with E-state index in [1.807, 2.05) is 0 Å². The zero-order valence-electron chi connectivity index (χ0n) is 11.9. The second-order valence-corrected chi connectivity index (χ2v) is 5.42. The minimum absolute atomic E-state index is 0.103. The van der Waals surface area contributed by atoms with Crippen LogP contribution in [0.15, 0.2) is 42.6 Å². The number of rotatable bonds is 3. The Labute approximate surface area is 123 Å². The van der Waals surface area contributed by atoms with Gasteiger partial charge in [0.25, 0.3) is 0 Å². The third kappa shape index (κ3) is 2.72. The maximum Gasteiger partial charge on any atom is 0.363 e. The highest BCUT2D eigenvalue weighted by atomic mass is 16.6. The molecule has 1 fully saturated rings. The average molecular weight is 283 g/mol. The van der Waals surface area contributed by atoms with E-state index in [4.69, 9.17) is 0 Å². The van der Waals surface area contributed by atoms with Crippen molar-refractivity contribution < 1.29 is 4.92 Å². The Morgan fingerprint density at radius 3 is 2.76 bits per heavy atom. The van der Waals surface area contributed by atoms with Crippen LogP contribution in [0.25, 0.3) is 0 Å². The van der Waals surface area contributed by atoms with E-state index in [1.165, 1.54) is 17.2 Å². The molecule has 5 nitrogen and oxygen atoms in total. The molecule has 1 saturated heterocycles. The quantitative estimate of drug-likeness (QED) is 0.640. The van der Waals surface area contributed by atoms with Crippen molar-refractivity contribution in [3.8, 4) is 0 Å². The number of anilines is 1. The summed E-state index contributed by atoms with van der Waals surface area (Å²) in [6.07, 6.45) is 2.69. The highest BCUT2D eigenvalue weighted by Crippen LogP contribution is 2.32. The number of hydrogen-bond donors (Lipinski definition) is 0. The average Bonchev–Trinajstić information content (AvgIpc) is 2.97. The molecule has 2 heterocycles. The summed E-state index contributed by atoms with van der Waals surface area (Å²) in [5.41, 5.74) is 3.68. The third-order valence-electron chi connectivity index (χ3n) is 4.10. The number of pyridine rings is 1. The van der Waals surface area contributed by atoms with Gasteiger partial charge in [-0.3, -0.25) is 0 Å². The van der Waals surface area contributed by atoms with E-state index in [9.17, 15) is 10.1 Å². The third-order valence-corrected chi connectivity index (χ3v) is 4.10. The molecule has 1 aromatic carbocycles. The standard InChI is InChI=1S/C16H17N3O2/c1-12-4-2-3-5-15(12)13-8-9-18(11-13)14-6-7-16(17-10-14)19(20)21/h2-7,10,13H,8-9,11H2,1H3. The molecule has 0 amide bonds. The molecule has 0 bridgehead atoms. The molecule has 3 rings (SSSR count). The van der Waals surface area contributed by atoms with Crippen LogP contribution in [0.4, 0.5) is 11.5 Å². The van der Waals surface area contributed by atoms with Crippen molar-refractivity contribution in [2.75, 3.05) is 18.0 Å². The summed E-state index contributed by atoms with van der Waals surface area (Å²) < 4.78 is 0. The van der Waals surface area contributed by atoms with Gasteiger partial charge in [-0.2, -0.15) is 0 Å². The van der Waals surface area contributed by atoms with Crippen LogP contribution >= 0.6 is 0 Å². The smallest absolute Gasteiger partial charge is 0.363 e. The molecule has 108 valence electrons. The predicted octanol–water partition coefficient (Wildman–Crippen LogP) is 3.29. The molecular weight excluding hydrogens is 266 g/mol. The molecule has 1 unspecified atom stereocenters. The summed E-state index contributed by atoms with van der Waals surface area (Å²) in [4.78, 5) is 16.3. The maximum absolute atomic E-state index is 10.6. The summed E-state index contributed by atoms with van der Waals surface area (Å²) in [6.45, 7) is 4.04. The minimum atomic E-state index is -0.468. The topological polar surface area (TPSA) is 59.3 Å². The number of nitro groups is 1. The lowest BCUT2D eigenvalue weighted by Crippen LogP contribution is -2.19. The SMILES string of the molecule is Cc1ccccc1C1CCN(c2ccc([N+](=O)[O-])nc2)C1. The normalized spacial score (nSPS) is 18.0. The van der Waals surface area contributed by atoms with Crippen LogP contribution in [0.5, 0.6) is 0 Å². The van der Waals surface area contributed by atoms with E-state index in [-0.39, 0.29) is 5.82 Å². The fourth-order valence-corrected chi connectivity index (χ4v) is 2.97. The molecule has 21 heavy (non-hydrogen) atoms. The highest BCUT2D eigenvalue weighted by molar-refractivity contribution is 5.49. The number of hydrogen-bond acceptors (Lipinski definition) is 4. The summed E-state index contributed by atoms with van der Waals surface area (Å²) in [5, 5.41) is 10.6. The van der Waals surface area contributed by atoms with Crippen molar-refractivity contribution in [2.24, 2.45) is 0 Å². The van der Waals surface area contributed by atoms with Gasteiger partial charge in [-0.1, -0.05) is 24.3 Å². The lowest BCUT2D eigenvalue weighted by Gasteiger charge is -2.18. The Balaban J connectivity index is 1.75. The zero-order valence-corrected chi connectivity index (χ0v) is 11.9. The van der Waals surface area contributed by atoms with Crippen molar-refractivity contribution in [1.82, 2.24) is 4.98 Å². The fraction of sp³-hybridized carbons (Fsp3) is 0.312. The van der Waals surface area contributed by atoms with Gasteiger partial charge >= 0.3 is 5.82 Å². The van der Waals surface area contributed by atoms with E-state index in [0.717, 1.165) is 25.2 Å². The van der Waals surface area contributed by atoms with Crippen molar-refractivity contribution in [2.45, 2.75) is 19.3 Å². The Kier molecular flexibility index (Phi) is 3.56. The number of benzene rings is 1. The Hall–Kier alpha value is -2.43. The monoisotopic (exact) mass is 283 g/mol. The van der Waals surface area contributed by atoms with E-state index < -0.39 is 4.92 Å². The van der Waals surface area contributed by atoms with E-state index in [2.05, 4.69) is 41.1 Å². The first-order valence-corrected chi connectivity index (χ1v) is 7.06. The van der Waals surface area contributed by atoms with Crippen molar-refractivity contribution in [3.63, 3.8) is 0 Å². The van der Waals surface area contributed by atoms with Crippen molar-refractivity contribution >= 4 is 11.5 Å². The second kappa shape index (κ2) is 5.52. The van der Waals surface area contributed by atoms with Gasteiger partial charge in [-0.25, -0.2) is 0 Å². The summed E-state index contributed by atoms with van der Waals surface area (Å²) in [6, 6.07) is 11.7. The molecule has 0 N–H and O–H groups in total. The molecule has 5 heteroatoms. The first kappa shape index (κ1) is 13.5. The number of nitrogens with zero attached hydrogens (tertiary/aromatic N) is 3. The molecule has 0 aliphatic carbocycles.